The molecule has 6 saturated carbocycles. The van der Waals surface area contributed by atoms with Crippen molar-refractivity contribution < 1.29 is 9.53 Å². The molecule has 0 radical (unpaired) electrons. The van der Waals surface area contributed by atoms with Crippen LogP contribution in [0.15, 0.2) is 12.2 Å². The molecular formula is C24H38O2. The van der Waals surface area contributed by atoms with Gasteiger partial charge in [0.15, 0.2) is 0 Å². The molecule has 0 heterocycles. The molecule has 26 heavy (non-hydrogen) atoms. The van der Waals surface area contributed by atoms with Crippen molar-refractivity contribution >= 4 is 5.97 Å². The maximum Gasteiger partial charge on any atom is 0.333 e. The van der Waals surface area contributed by atoms with Gasteiger partial charge in [0, 0.05) is 11.5 Å². The summed E-state index contributed by atoms with van der Waals surface area (Å²) in [4.78, 5) is 13.0. The van der Waals surface area contributed by atoms with E-state index in [1.165, 1.54) is 32.1 Å². The number of rotatable bonds is 4. The van der Waals surface area contributed by atoms with Crippen LogP contribution >= 0.6 is 0 Å². The Morgan fingerprint density at radius 2 is 1.77 bits per heavy atom. The standard InChI is InChI=1S/C24H38O2/c1-15(13-24-14-18(22(24,5)6)9-8-16(24)2)20(25)26-23(7)11-10-17-12-19(23)21(17,3)4/h16-19H,1,8-14H2,2-7H3/t16?,17-,18?,19+,23?,24?/m0/s1. The van der Waals surface area contributed by atoms with E-state index in [4.69, 9.17) is 4.74 Å². The van der Waals surface area contributed by atoms with Crippen molar-refractivity contribution in [2.24, 2.45) is 39.9 Å². The minimum Gasteiger partial charge on any atom is -0.456 e. The van der Waals surface area contributed by atoms with Gasteiger partial charge in [0.2, 0.25) is 0 Å². The molecule has 2 heteroatoms. The van der Waals surface area contributed by atoms with Gasteiger partial charge in [0.25, 0.3) is 0 Å². The summed E-state index contributed by atoms with van der Waals surface area (Å²) in [6, 6.07) is 0. The van der Waals surface area contributed by atoms with Gasteiger partial charge in [-0.2, -0.15) is 0 Å². The molecule has 4 unspecified atom stereocenters. The summed E-state index contributed by atoms with van der Waals surface area (Å²) in [5.74, 6) is 2.69. The lowest BCUT2D eigenvalue weighted by molar-refractivity contribution is -0.218. The molecule has 6 aliphatic rings. The molecule has 146 valence electrons. The Balaban J connectivity index is 1.45. The van der Waals surface area contributed by atoms with E-state index in [0.717, 1.165) is 24.7 Å². The molecule has 0 aromatic heterocycles. The number of carbonyl (C=O) groups is 1. The summed E-state index contributed by atoms with van der Waals surface area (Å²) < 4.78 is 6.20. The highest BCUT2D eigenvalue weighted by Crippen LogP contribution is 2.72. The highest BCUT2D eigenvalue weighted by molar-refractivity contribution is 5.88. The molecular weight excluding hydrogens is 320 g/mol. The van der Waals surface area contributed by atoms with Crippen LogP contribution in [0.25, 0.3) is 0 Å². The van der Waals surface area contributed by atoms with Gasteiger partial charge < -0.3 is 4.74 Å². The predicted molar refractivity (Wildman–Crippen MR) is 106 cm³/mol. The van der Waals surface area contributed by atoms with Crippen LogP contribution in [-0.4, -0.2) is 11.6 Å². The smallest absolute Gasteiger partial charge is 0.333 e. The molecule has 0 saturated heterocycles. The van der Waals surface area contributed by atoms with E-state index in [2.05, 4.69) is 48.1 Å². The molecule has 4 bridgehead atoms. The summed E-state index contributed by atoms with van der Waals surface area (Å²) >= 11 is 0. The van der Waals surface area contributed by atoms with Crippen LogP contribution in [0, 0.1) is 39.9 Å². The molecule has 0 N–H and O–H groups in total. The van der Waals surface area contributed by atoms with Crippen molar-refractivity contribution in [2.75, 3.05) is 0 Å². The Labute approximate surface area is 160 Å². The van der Waals surface area contributed by atoms with Gasteiger partial charge in [-0.15, -0.1) is 0 Å². The van der Waals surface area contributed by atoms with Crippen molar-refractivity contribution in [1.82, 2.24) is 0 Å². The van der Waals surface area contributed by atoms with Crippen LogP contribution in [0.3, 0.4) is 0 Å². The molecule has 6 rings (SSSR count). The van der Waals surface area contributed by atoms with Crippen LogP contribution in [0.4, 0.5) is 0 Å². The number of fused-ring (bicyclic) bond motifs is 4. The topological polar surface area (TPSA) is 26.3 Å². The first-order chi connectivity index (χ1) is 11.9. The first-order valence-corrected chi connectivity index (χ1v) is 10.9. The van der Waals surface area contributed by atoms with Gasteiger partial charge in [0.05, 0.1) is 0 Å². The largest absolute Gasteiger partial charge is 0.456 e. The summed E-state index contributed by atoms with van der Waals surface area (Å²) in [7, 11) is 0. The Hall–Kier alpha value is -0.790. The lowest BCUT2D eigenvalue weighted by Crippen LogP contribution is -2.62. The molecule has 0 aromatic carbocycles. The molecule has 6 aliphatic carbocycles. The van der Waals surface area contributed by atoms with Gasteiger partial charge in [-0.25, -0.2) is 4.79 Å². The van der Waals surface area contributed by atoms with Crippen molar-refractivity contribution in [3.05, 3.63) is 12.2 Å². The first-order valence-electron chi connectivity index (χ1n) is 10.9. The quantitative estimate of drug-likeness (QED) is 0.445. The third kappa shape index (κ3) is 2.20. The highest BCUT2D eigenvalue weighted by atomic mass is 16.6. The fraction of sp³-hybridized carbons (Fsp3) is 0.875. The maximum absolute atomic E-state index is 13.0. The Morgan fingerprint density at radius 1 is 1.08 bits per heavy atom. The first kappa shape index (κ1) is 18.6. The molecule has 0 aliphatic heterocycles. The summed E-state index contributed by atoms with van der Waals surface area (Å²) in [6.45, 7) is 18.3. The van der Waals surface area contributed by atoms with Gasteiger partial charge in [-0.1, -0.05) is 41.2 Å². The Morgan fingerprint density at radius 3 is 2.31 bits per heavy atom. The van der Waals surface area contributed by atoms with Gasteiger partial charge >= 0.3 is 5.97 Å². The Bertz CT molecular complexity index is 643. The molecule has 0 aromatic rings. The van der Waals surface area contributed by atoms with Gasteiger partial charge in [-0.3, -0.25) is 0 Å². The van der Waals surface area contributed by atoms with Crippen LogP contribution in [0.1, 0.15) is 86.5 Å². The average molecular weight is 359 g/mol. The van der Waals surface area contributed by atoms with E-state index in [0.29, 0.717) is 28.2 Å². The molecule has 0 spiro atoms. The third-order valence-corrected chi connectivity index (χ3v) is 10.1. The van der Waals surface area contributed by atoms with Crippen molar-refractivity contribution in [3.8, 4) is 0 Å². The van der Waals surface area contributed by atoms with Crippen LogP contribution in [0.2, 0.25) is 0 Å². The monoisotopic (exact) mass is 358 g/mol. The SMILES string of the molecule is C=C(CC12CC(CCC1C)C2(C)C)C(=O)OC1(C)CC[C@H]2C[C@@H]1C2(C)C. The zero-order valence-corrected chi connectivity index (χ0v) is 17.8. The van der Waals surface area contributed by atoms with E-state index in [-0.39, 0.29) is 17.0 Å². The van der Waals surface area contributed by atoms with Gasteiger partial charge in [0.1, 0.15) is 5.60 Å². The van der Waals surface area contributed by atoms with Crippen molar-refractivity contribution in [3.63, 3.8) is 0 Å². The maximum atomic E-state index is 13.0. The fourth-order valence-electron chi connectivity index (χ4n) is 7.77. The summed E-state index contributed by atoms with van der Waals surface area (Å²) in [5, 5.41) is 0. The second kappa shape index (κ2) is 5.39. The summed E-state index contributed by atoms with van der Waals surface area (Å²) in [6.07, 6.45) is 8.16. The molecule has 2 nitrogen and oxygen atoms in total. The van der Waals surface area contributed by atoms with E-state index in [9.17, 15) is 4.79 Å². The van der Waals surface area contributed by atoms with E-state index >= 15 is 0 Å². The number of hydrogen-bond acceptors (Lipinski definition) is 2. The van der Waals surface area contributed by atoms with Crippen molar-refractivity contribution in [1.29, 1.82) is 0 Å². The van der Waals surface area contributed by atoms with Crippen LogP contribution in [-0.2, 0) is 9.53 Å². The van der Waals surface area contributed by atoms with Gasteiger partial charge in [-0.05, 0) is 85.9 Å². The third-order valence-electron chi connectivity index (χ3n) is 10.1. The normalized spacial score (nSPS) is 47.3. The number of ether oxygens (including phenoxy) is 1. The molecule has 6 fully saturated rings. The Kier molecular flexibility index (Phi) is 3.85. The number of carbonyl (C=O) groups excluding carboxylic acids is 1. The van der Waals surface area contributed by atoms with E-state index in [1.54, 1.807) is 0 Å². The average Bonchev–Trinajstić information content (AvgIpc) is 2.55. The second-order valence-electron chi connectivity index (χ2n) is 11.6. The lowest BCUT2D eigenvalue weighted by atomic mass is 9.36. The molecule has 6 atom stereocenters. The van der Waals surface area contributed by atoms with E-state index in [1.807, 2.05) is 0 Å². The minimum absolute atomic E-state index is 0.125. The highest BCUT2D eigenvalue weighted by Gasteiger charge is 2.65. The van der Waals surface area contributed by atoms with Crippen LogP contribution in [0.5, 0.6) is 0 Å². The number of esters is 1. The molecule has 0 amide bonds. The second-order valence-corrected chi connectivity index (χ2v) is 11.6. The predicted octanol–water partition coefficient (Wildman–Crippen LogP) is 6.15. The number of hydrogen-bond donors (Lipinski definition) is 0. The fourth-order valence-corrected chi connectivity index (χ4v) is 7.77. The lowest BCUT2D eigenvalue weighted by Gasteiger charge is -2.69. The van der Waals surface area contributed by atoms with Crippen LogP contribution < -0.4 is 0 Å². The van der Waals surface area contributed by atoms with Crippen molar-refractivity contribution in [2.45, 2.75) is 92.1 Å². The summed E-state index contributed by atoms with van der Waals surface area (Å²) in [5.41, 5.74) is 1.30. The van der Waals surface area contributed by atoms with E-state index < -0.39 is 0 Å². The zero-order chi connectivity index (χ0) is 19.1. The zero-order valence-electron chi connectivity index (χ0n) is 17.8. The minimum atomic E-state index is -0.300.